The van der Waals surface area contributed by atoms with Crippen molar-refractivity contribution in [2.24, 2.45) is 33.5 Å². The molecule has 1 aliphatic heterocycles. The molecule has 0 bridgehead atoms. The molecular formula is C24H42O3. The van der Waals surface area contributed by atoms with Gasteiger partial charge in [-0.05, 0) is 53.8 Å². The Bertz CT molecular complexity index is 587. The van der Waals surface area contributed by atoms with Crippen LogP contribution in [0.5, 0.6) is 0 Å². The number of rotatable bonds is 8. The average Bonchev–Trinajstić information content (AvgIpc) is 2.59. The van der Waals surface area contributed by atoms with Gasteiger partial charge in [0.15, 0.2) is 0 Å². The summed E-state index contributed by atoms with van der Waals surface area (Å²) < 4.78 is 4.85. The molecule has 1 saturated heterocycles. The molecule has 0 radical (unpaired) electrons. The summed E-state index contributed by atoms with van der Waals surface area (Å²) in [6.07, 6.45) is 3.41. The Balaban J connectivity index is 3.02. The van der Waals surface area contributed by atoms with Crippen LogP contribution in [0.2, 0.25) is 0 Å². The number of allylic oxidation sites excluding steroid dienone is 1. The molecule has 3 nitrogen and oxygen atoms in total. The lowest BCUT2D eigenvalue weighted by atomic mass is 9.59. The largest absolute Gasteiger partial charge is 0.393 e. The maximum Gasteiger partial charge on any atom is 0.317 e. The van der Waals surface area contributed by atoms with Crippen LogP contribution in [0.15, 0.2) is 12.2 Å². The summed E-state index contributed by atoms with van der Waals surface area (Å²) in [6, 6.07) is 0. The second-order valence-corrected chi connectivity index (χ2v) is 12.3. The van der Waals surface area contributed by atoms with Gasteiger partial charge >= 0.3 is 11.9 Å². The van der Waals surface area contributed by atoms with Crippen molar-refractivity contribution in [1.82, 2.24) is 0 Å². The molecule has 2 unspecified atom stereocenters. The Kier molecular flexibility index (Phi) is 6.84. The lowest BCUT2D eigenvalue weighted by Gasteiger charge is -2.45. The molecule has 1 aliphatic rings. The van der Waals surface area contributed by atoms with E-state index in [1.165, 1.54) is 0 Å². The summed E-state index contributed by atoms with van der Waals surface area (Å²) in [7, 11) is 0. The Morgan fingerprint density at radius 2 is 1.44 bits per heavy atom. The van der Waals surface area contributed by atoms with Crippen LogP contribution in [0.25, 0.3) is 0 Å². The van der Waals surface area contributed by atoms with Gasteiger partial charge in [0.1, 0.15) is 0 Å². The molecular weight excluding hydrogens is 336 g/mol. The zero-order chi connectivity index (χ0) is 21.4. The van der Waals surface area contributed by atoms with Crippen molar-refractivity contribution in [2.45, 2.75) is 94.9 Å². The topological polar surface area (TPSA) is 43.4 Å². The third-order valence-corrected chi connectivity index (χ3v) is 5.58. The van der Waals surface area contributed by atoms with Crippen molar-refractivity contribution in [3.63, 3.8) is 0 Å². The first-order valence-corrected chi connectivity index (χ1v) is 10.3. The number of carbonyl (C=O) groups excluding carboxylic acids is 2. The van der Waals surface area contributed by atoms with Gasteiger partial charge in [0.25, 0.3) is 0 Å². The van der Waals surface area contributed by atoms with Crippen LogP contribution in [0.3, 0.4) is 0 Å². The fourth-order valence-corrected chi connectivity index (χ4v) is 6.50. The number of hydrogen-bond donors (Lipinski definition) is 0. The van der Waals surface area contributed by atoms with Gasteiger partial charge in [-0.3, -0.25) is 9.59 Å². The lowest BCUT2D eigenvalue weighted by molar-refractivity contribution is -0.154. The van der Waals surface area contributed by atoms with Gasteiger partial charge in [-0.25, -0.2) is 0 Å². The molecule has 2 atom stereocenters. The number of cyclic esters (lactones) is 2. The minimum atomic E-state index is -0.405. The van der Waals surface area contributed by atoms with Gasteiger partial charge in [0.05, 0.1) is 12.3 Å². The van der Waals surface area contributed by atoms with E-state index < -0.39 is 11.9 Å². The monoisotopic (exact) mass is 378 g/mol. The van der Waals surface area contributed by atoms with Crippen molar-refractivity contribution >= 4 is 11.9 Å². The molecule has 27 heavy (non-hydrogen) atoms. The highest BCUT2D eigenvalue weighted by atomic mass is 16.6. The van der Waals surface area contributed by atoms with Crippen LogP contribution in [-0.2, 0) is 14.3 Å². The van der Waals surface area contributed by atoms with Crippen molar-refractivity contribution in [1.29, 1.82) is 0 Å². The van der Waals surface area contributed by atoms with Crippen LogP contribution in [-0.4, -0.2) is 11.9 Å². The van der Waals surface area contributed by atoms with Gasteiger partial charge < -0.3 is 4.74 Å². The maximum atomic E-state index is 12.2. The van der Waals surface area contributed by atoms with E-state index in [-0.39, 0.29) is 34.6 Å². The first-order chi connectivity index (χ1) is 11.9. The smallest absolute Gasteiger partial charge is 0.317 e. The average molecular weight is 379 g/mol. The van der Waals surface area contributed by atoms with Crippen molar-refractivity contribution in [3.05, 3.63) is 12.2 Å². The number of ether oxygens (including phenoxy) is 1. The van der Waals surface area contributed by atoms with E-state index in [0.717, 1.165) is 24.8 Å². The van der Waals surface area contributed by atoms with E-state index in [2.05, 4.69) is 68.9 Å². The molecule has 0 saturated carbocycles. The molecule has 3 heteroatoms. The zero-order valence-electron chi connectivity index (χ0n) is 19.4. The number of carbonyl (C=O) groups is 2. The van der Waals surface area contributed by atoms with E-state index in [9.17, 15) is 9.59 Å². The Morgan fingerprint density at radius 3 is 1.81 bits per heavy atom. The fraction of sp³-hybridized carbons (Fsp3) is 0.833. The van der Waals surface area contributed by atoms with Crippen LogP contribution < -0.4 is 0 Å². The second kappa shape index (κ2) is 7.72. The molecule has 0 aromatic heterocycles. The number of hydrogen-bond acceptors (Lipinski definition) is 3. The molecule has 156 valence electrons. The van der Waals surface area contributed by atoms with Crippen molar-refractivity contribution in [3.8, 4) is 0 Å². The SMILES string of the molecule is C=C(C)C(C1CC(=O)OC1=O)C(C)(C)CC(C)(C)CC(C)(C)CC(C)(C)C. The van der Waals surface area contributed by atoms with Crippen LogP contribution in [0.1, 0.15) is 94.9 Å². The van der Waals surface area contributed by atoms with Crippen molar-refractivity contribution < 1.29 is 14.3 Å². The van der Waals surface area contributed by atoms with Gasteiger partial charge in [0.2, 0.25) is 0 Å². The summed E-state index contributed by atoms with van der Waals surface area (Å²) >= 11 is 0. The predicted molar refractivity (Wildman–Crippen MR) is 112 cm³/mol. The number of esters is 2. The third kappa shape index (κ3) is 7.08. The van der Waals surface area contributed by atoms with E-state index in [4.69, 9.17) is 4.74 Å². The molecule has 0 aromatic carbocycles. The normalized spacial score (nSPS) is 20.6. The van der Waals surface area contributed by atoms with Crippen LogP contribution in [0, 0.1) is 33.5 Å². The Labute approximate surface area is 167 Å². The highest BCUT2D eigenvalue weighted by Crippen LogP contribution is 2.51. The molecule has 0 N–H and O–H groups in total. The first-order valence-electron chi connectivity index (χ1n) is 10.3. The minimum absolute atomic E-state index is 0.0542. The molecule has 0 spiro atoms. The standard InChI is InChI=1S/C24H42O3/c1-16(2)19(17-12-18(25)27-20(17)26)24(10,11)15-23(8,9)14-22(6,7)13-21(3,4)5/h17,19H,1,12-15H2,2-11H3. The highest BCUT2D eigenvalue weighted by molar-refractivity contribution is 5.95. The Morgan fingerprint density at radius 1 is 0.963 bits per heavy atom. The van der Waals surface area contributed by atoms with Gasteiger partial charge in [-0.1, -0.05) is 74.5 Å². The fourth-order valence-electron chi connectivity index (χ4n) is 6.50. The summed E-state index contributed by atoms with van der Waals surface area (Å²) in [5, 5.41) is 0. The highest BCUT2D eigenvalue weighted by Gasteiger charge is 2.48. The first kappa shape index (κ1) is 23.9. The van der Waals surface area contributed by atoms with E-state index in [1.54, 1.807) is 0 Å². The summed E-state index contributed by atoms with van der Waals surface area (Å²) in [4.78, 5) is 23.9. The van der Waals surface area contributed by atoms with Gasteiger partial charge in [0, 0.05) is 0 Å². The van der Waals surface area contributed by atoms with Gasteiger partial charge in [-0.15, -0.1) is 0 Å². The quantitative estimate of drug-likeness (QED) is 0.273. The molecule has 1 heterocycles. The van der Waals surface area contributed by atoms with Crippen molar-refractivity contribution in [2.75, 3.05) is 0 Å². The third-order valence-electron chi connectivity index (χ3n) is 5.58. The summed E-state index contributed by atoms with van der Waals surface area (Å²) in [5.74, 6) is -1.24. The van der Waals surface area contributed by atoms with E-state index in [1.807, 2.05) is 6.92 Å². The second-order valence-electron chi connectivity index (χ2n) is 12.3. The summed E-state index contributed by atoms with van der Waals surface area (Å²) in [5.41, 5.74) is 1.45. The predicted octanol–water partition coefficient (Wildman–Crippen LogP) is 6.56. The zero-order valence-corrected chi connectivity index (χ0v) is 19.4. The van der Waals surface area contributed by atoms with Crippen LogP contribution in [0.4, 0.5) is 0 Å². The summed E-state index contributed by atoms with van der Waals surface area (Å²) in [6.45, 7) is 26.8. The maximum absolute atomic E-state index is 12.2. The minimum Gasteiger partial charge on any atom is -0.393 e. The molecule has 0 aromatic rings. The Hall–Kier alpha value is -1.12. The van der Waals surface area contributed by atoms with Gasteiger partial charge in [-0.2, -0.15) is 0 Å². The van der Waals surface area contributed by atoms with E-state index in [0.29, 0.717) is 5.41 Å². The molecule has 1 fully saturated rings. The molecule has 1 rings (SSSR count). The van der Waals surface area contributed by atoms with E-state index >= 15 is 0 Å². The molecule has 0 amide bonds. The lowest BCUT2D eigenvalue weighted by Crippen LogP contribution is -2.38. The van der Waals surface area contributed by atoms with Crippen LogP contribution >= 0.6 is 0 Å². The molecule has 0 aliphatic carbocycles.